The van der Waals surface area contributed by atoms with Gasteiger partial charge in [-0.15, -0.1) is 0 Å². The van der Waals surface area contributed by atoms with Crippen LogP contribution in [-0.2, 0) is 11.3 Å². The second-order valence-electron chi connectivity index (χ2n) is 8.15. The van der Waals surface area contributed by atoms with E-state index >= 15 is 0 Å². The maximum atomic E-state index is 12.9. The largest absolute Gasteiger partial charge is 0.336 e. The number of aryl methyl sites for hydroxylation is 1. The first-order valence-corrected chi connectivity index (χ1v) is 10.8. The van der Waals surface area contributed by atoms with Gasteiger partial charge in [-0.25, -0.2) is 9.67 Å². The van der Waals surface area contributed by atoms with E-state index in [1.807, 2.05) is 61.2 Å². The van der Waals surface area contributed by atoms with Gasteiger partial charge in [-0.2, -0.15) is 5.10 Å². The molecule has 1 N–H and O–H groups in total. The van der Waals surface area contributed by atoms with E-state index < -0.39 is 0 Å². The minimum atomic E-state index is -0.0264. The van der Waals surface area contributed by atoms with Crippen LogP contribution >= 0.6 is 0 Å². The van der Waals surface area contributed by atoms with Crippen LogP contribution in [-0.4, -0.2) is 69.1 Å². The number of piperazine rings is 1. The van der Waals surface area contributed by atoms with Crippen LogP contribution in [0.25, 0.3) is 0 Å². The molecule has 1 saturated heterocycles. The van der Waals surface area contributed by atoms with Crippen LogP contribution in [0, 0.1) is 13.8 Å². The summed E-state index contributed by atoms with van der Waals surface area (Å²) in [6.45, 7) is 7.56. The Hall–Kier alpha value is -3.52. The van der Waals surface area contributed by atoms with Gasteiger partial charge >= 0.3 is 0 Å². The lowest BCUT2D eigenvalue weighted by atomic mass is 10.1. The predicted octanol–water partition coefficient (Wildman–Crippen LogP) is 2.34. The molecule has 1 aliphatic rings. The second kappa shape index (κ2) is 9.74. The number of anilines is 1. The highest BCUT2D eigenvalue weighted by Gasteiger charge is 2.23. The molecule has 0 atom stereocenters. The number of nitrogens with one attached hydrogen (secondary N) is 1. The lowest BCUT2D eigenvalue weighted by molar-refractivity contribution is -0.117. The third kappa shape index (κ3) is 5.20. The highest BCUT2D eigenvalue weighted by molar-refractivity contribution is 5.94. The Morgan fingerprint density at radius 2 is 1.75 bits per heavy atom. The maximum absolute atomic E-state index is 12.9. The fraction of sp³-hybridized carbons (Fsp3) is 0.333. The number of hydrogen-bond donors (Lipinski definition) is 1. The van der Waals surface area contributed by atoms with Crippen molar-refractivity contribution in [3.63, 3.8) is 0 Å². The predicted molar refractivity (Wildman–Crippen MR) is 122 cm³/mol. The summed E-state index contributed by atoms with van der Waals surface area (Å²) in [6, 6.07) is 13.5. The van der Waals surface area contributed by atoms with E-state index in [1.54, 1.807) is 11.0 Å². The molecule has 1 aromatic heterocycles. The number of hydrogen-bond acceptors (Lipinski definition) is 5. The van der Waals surface area contributed by atoms with Gasteiger partial charge in [0, 0.05) is 37.4 Å². The quantitative estimate of drug-likeness (QED) is 0.647. The molecular weight excluding hydrogens is 404 g/mol. The van der Waals surface area contributed by atoms with Crippen LogP contribution in [0.4, 0.5) is 5.69 Å². The Morgan fingerprint density at radius 3 is 2.44 bits per heavy atom. The van der Waals surface area contributed by atoms with E-state index in [4.69, 9.17) is 0 Å². The fourth-order valence-electron chi connectivity index (χ4n) is 3.83. The van der Waals surface area contributed by atoms with Gasteiger partial charge in [0.2, 0.25) is 5.91 Å². The maximum Gasteiger partial charge on any atom is 0.253 e. The summed E-state index contributed by atoms with van der Waals surface area (Å²) in [5, 5.41) is 7.11. The molecule has 166 valence electrons. The summed E-state index contributed by atoms with van der Waals surface area (Å²) in [7, 11) is 0. The molecule has 0 saturated carbocycles. The first kappa shape index (κ1) is 21.7. The first-order valence-electron chi connectivity index (χ1n) is 10.8. The third-order valence-electron chi connectivity index (χ3n) is 5.92. The van der Waals surface area contributed by atoms with Crippen LogP contribution in [0.15, 0.2) is 55.1 Å². The molecule has 8 nitrogen and oxygen atoms in total. The Bertz CT molecular complexity index is 1070. The minimum Gasteiger partial charge on any atom is -0.336 e. The number of nitrogens with zero attached hydrogens (tertiary/aromatic N) is 5. The van der Waals surface area contributed by atoms with Gasteiger partial charge in [0.25, 0.3) is 5.91 Å². The van der Waals surface area contributed by atoms with Crippen molar-refractivity contribution < 1.29 is 9.59 Å². The molecule has 0 aliphatic carbocycles. The number of carbonyl (C=O) groups is 2. The number of aromatic nitrogens is 3. The van der Waals surface area contributed by atoms with Crippen molar-refractivity contribution in [2.24, 2.45) is 0 Å². The molecule has 3 aromatic rings. The van der Waals surface area contributed by atoms with Crippen molar-refractivity contribution in [2.75, 3.05) is 38.0 Å². The zero-order chi connectivity index (χ0) is 22.5. The summed E-state index contributed by atoms with van der Waals surface area (Å²) in [5.74, 6) is -0.00163. The molecule has 2 amide bonds. The number of benzene rings is 2. The van der Waals surface area contributed by atoms with Crippen LogP contribution in [0.3, 0.4) is 0 Å². The standard InChI is InChI=1S/C24H28N6O2/c1-18-4-3-5-22(19(18)2)27-23(31)15-28-10-12-29(13-11-28)24(32)21-8-6-20(7-9-21)14-30-17-25-16-26-30/h3-9,16-17H,10-15H2,1-2H3,(H,27,31). The lowest BCUT2D eigenvalue weighted by Crippen LogP contribution is -2.50. The molecule has 1 aliphatic heterocycles. The van der Waals surface area contributed by atoms with Gasteiger partial charge in [0.15, 0.2) is 0 Å². The molecule has 0 bridgehead atoms. The van der Waals surface area contributed by atoms with Crippen LogP contribution in [0.1, 0.15) is 27.0 Å². The Morgan fingerprint density at radius 1 is 1.00 bits per heavy atom. The average Bonchev–Trinajstić information content (AvgIpc) is 3.30. The van der Waals surface area contributed by atoms with Gasteiger partial charge < -0.3 is 10.2 Å². The topological polar surface area (TPSA) is 83.4 Å². The summed E-state index contributed by atoms with van der Waals surface area (Å²) in [5.41, 5.74) is 4.83. The zero-order valence-electron chi connectivity index (χ0n) is 18.5. The molecule has 0 spiro atoms. The summed E-state index contributed by atoms with van der Waals surface area (Å²) in [6.07, 6.45) is 3.17. The summed E-state index contributed by atoms with van der Waals surface area (Å²) in [4.78, 5) is 33.2. The van der Waals surface area contributed by atoms with E-state index in [0.717, 1.165) is 22.4 Å². The van der Waals surface area contributed by atoms with Crippen LogP contribution < -0.4 is 5.32 Å². The van der Waals surface area contributed by atoms with Crippen molar-refractivity contribution in [1.29, 1.82) is 0 Å². The molecule has 4 rings (SSSR count). The zero-order valence-corrected chi connectivity index (χ0v) is 18.5. The van der Waals surface area contributed by atoms with Crippen molar-refractivity contribution in [1.82, 2.24) is 24.6 Å². The molecule has 2 aromatic carbocycles. The van der Waals surface area contributed by atoms with E-state index in [0.29, 0.717) is 44.8 Å². The fourth-order valence-corrected chi connectivity index (χ4v) is 3.83. The monoisotopic (exact) mass is 432 g/mol. The molecule has 32 heavy (non-hydrogen) atoms. The first-order chi connectivity index (χ1) is 15.5. The lowest BCUT2D eigenvalue weighted by Gasteiger charge is -2.34. The Labute approximate surface area is 187 Å². The molecule has 8 heteroatoms. The highest BCUT2D eigenvalue weighted by Crippen LogP contribution is 2.18. The van der Waals surface area contributed by atoms with Gasteiger partial charge in [-0.05, 0) is 48.7 Å². The van der Waals surface area contributed by atoms with Gasteiger partial charge in [-0.3, -0.25) is 14.5 Å². The van der Waals surface area contributed by atoms with Gasteiger partial charge in [0.05, 0.1) is 13.1 Å². The van der Waals surface area contributed by atoms with E-state index in [1.165, 1.54) is 6.33 Å². The van der Waals surface area contributed by atoms with Gasteiger partial charge in [-0.1, -0.05) is 24.3 Å². The van der Waals surface area contributed by atoms with Crippen LogP contribution in [0.5, 0.6) is 0 Å². The molecule has 0 unspecified atom stereocenters. The van der Waals surface area contributed by atoms with E-state index in [9.17, 15) is 9.59 Å². The van der Waals surface area contributed by atoms with Crippen molar-refractivity contribution in [3.8, 4) is 0 Å². The SMILES string of the molecule is Cc1cccc(NC(=O)CN2CCN(C(=O)c3ccc(Cn4cncn4)cc3)CC2)c1C. The smallest absolute Gasteiger partial charge is 0.253 e. The van der Waals surface area contributed by atoms with Gasteiger partial charge in [0.1, 0.15) is 12.7 Å². The second-order valence-corrected chi connectivity index (χ2v) is 8.15. The molecule has 2 heterocycles. The normalized spacial score (nSPS) is 14.4. The number of carbonyl (C=O) groups excluding carboxylic acids is 2. The summed E-state index contributed by atoms with van der Waals surface area (Å²) < 4.78 is 1.74. The third-order valence-corrected chi connectivity index (χ3v) is 5.92. The number of amides is 2. The number of rotatable bonds is 6. The van der Waals surface area contributed by atoms with Crippen LogP contribution in [0.2, 0.25) is 0 Å². The van der Waals surface area contributed by atoms with E-state index in [2.05, 4.69) is 20.3 Å². The highest BCUT2D eigenvalue weighted by atomic mass is 16.2. The average molecular weight is 433 g/mol. The molecule has 0 radical (unpaired) electrons. The summed E-state index contributed by atoms with van der Waals surface area (Å²) >= 11 is 0. The molecular formula is C24H28N6O2. The van der Waals surface area contributed by atoms with Crippen molar-refractivity contribution >= 4 is 17.5 Å². The van der Waals surface area contributed by atoms with Crippen molar-refractivity contribution in [3.05, 3.63) is 77.4 Å². The molecule has 1 fully saturated rings. The van der Waals surface area contributed by atoms with E-state index in [-0.39, 0.29) is 11.8 Å². The minimum absolute atomic E-state index is 0.0248. The van der Waals surface area contributed by atoms with Crippen molar-refractivity contribution in [2.45, 2.75) is 20.4 Å². The Kier molecular flexibility index (Phi) is 6.61. The Balaban J connectivity index is 1.26.